The van der Waals surface area contributed by atoms with E-state index in [1.54, 1.807) is 0 Å². The van der Waals surface area contributed by atoms with Crippen LogP contribution in [0.3, 0.4) is 0 Å². The van der Waals surface area contributed by atoms with Gasteiger partial charge in [0.05, 0.1) is 0 Å². The molecule has 66 valence electrons. The second kappa shape index (κ2) is 3.04. The van der Waals surface area contributed by atoms with Gasteiger partial charge in [0, 0.05) is 15.5 Å². The molecule has 2 aromatic rings. The molecule has 0 spiro atoms. The van der Waals surface area contributed by atoms with E-state index in [1.165, 1.54) is 10.9 Å². The molecule has 0 saturated heterocycles. The minimum atomic E-state index is 0.827. The molecule has 0 heterocycles. The number of rotatable bonds is 0. The molecule has 0 radical (unpaired) electrons. The lowest BCUT2D eigenvalue weighted by Crippen LogP contribution is -1.89. The number of halogens is 1. The molecule has 0 aliphatic rings. The van der Waals surface area contributed by atoms with Crippen LogP contribution in [-0.2, 0) is 0 Å². The molecule has 0 unspecified atom stereocenters. The summed E-state index contributed by atoms with van der Waals surface area (Å²) in [4.78, 5) is 0. The molecular formula is C11H10BrN. The highest BCUT2D eigenvalue weighted by molar-refractivity contribution is 9.10. The first-order valence-corrected chi connectivity index (χ1v) is 4.93. The van der Waals surface area contributed by atoms with Gasteiger partial charge in [-0.3, -0.25) is 0 Å². The predicted octanol–water partition coefficient (Wildman–Crippen LogP) is 3.49. The van der Waals surface area contributed by atoms with Crippen LogP contribution in [0.15, 0.2) is 34.8 Å². The third-order valence-corrected chi connectivity index (χ3v) is 2.90. The van der Waals surface area contributed by atoms with Crippen LogP contribution >= 0.6 is 15.9 Å². The Morgan fingerprint density at radius 2 is 1.92 bits per heavy atom. The van der Waals surface area contributed by atoms with Gasteiger partial charge in [0.15, 0.2) is 0 Å². The first-order chi connectivity index (χ1) is 6.20. The normalized spacial score (nSPS) is 10.6. The maximum Gasteiger partial charge on any atom is 0.0405 e. The van der Waals surface area contributed by atoms with E-state index in [4.69, 9.17) is 5.73 Å². The zero-order valence-electron chi connectivity index (χ0n) is 7.34. The average molecular weight is 236 g/mol. The topological polar surface area (TPSA) is 26.0 Å². The third-order valence-electron chi connectivity index (χ3n) is 2.24. The molecule has 13 heavy (non-hydrogen) atoms. The highest BCUT2D eigenvalue weighted by atomic mass is 79.9. The van der Waals surface area contributed by atoms with Crippen LogP contribution in [0.25, 0.3) is 10.8 Å². The lowest BCUT2D eigenvalue weighted by molar-refractivity contribution is 1.52. The van der Waals surface area contributed by atoms with E-state index in [0.29, 0.717) is 0 Å². The van der Waals surface area contributed by atoms with Crippen LogP contribution in [0.4, 0.5) is 5.69 Å². The first-order valence-electron chi connectivity index (χ1n) is 4.13. The molecule has 2 rings (SSSR count). The predicted molar refractivity (Wildman–Crippen MR) is 60.8 cm³/mol. The highest BCUT2D eigenvalue weighted by Crippen LogP contribution is 2.30. The van der Waals surface area contributed by atoms with Gasteiger partial charge in [-0.25, -0.2) is 0 Å². The smallest absolute Gasteiger partial charge is 0.0405 e. The van der Waals surface area contributed by atoms with Crippen LogP contribution in [0.1, 0.15) is 5.56 Å². The molecule has 0 aromatic heterocycles. The van der Waals surface area contributed by atoms with Gasteiger partial charge in [-0.15, -0.1) is 0 Å². The zero-order chi connectivity index (χ0) is 9.42. The number of nitrogen functional groups attached to an aromatic ring is 1. The lowest BCUT2D eigenvalue weighted by Gasteiger charge is -2.06. The van der Waals surface area contributed by atoms with Gasteiger partial charge in [-0.2, -0.15) is 0 Å². The monoisotopic (exact) mass is 235 g/mol. The fourth-order valence-corrected chi connectivity index (χ4v) is 2.13. The summed E-state index contributed by atoms with van der Waals surface area (Å²) in [7, 11) is 0. The molecule has 2 aromatic carbocycles. The van der Waals surface area contributed by atoms with Crippen LogP contribution in [-0.4, -0.2) is 0 Å². The van der Waals surface area contributed by atoms with E-state index in [1.807, 2.05) is 24.3 Å². The molecule has 1 nitrogen and oxygen atoms in total. The van der Waals surface area contributed by atoms with Gasteiger partial charge in [0.25, 0.3) is 0 Å². The molecule has 0 bridgehead atoms. The van der Waals surface area contributed by atoms with Gasteiger partial charge in [0.1, 0.15) is 0 Å². The molecule has 0 aliphatic heterocycles. The molecule has 2 N–H and O–H groups in total. The summed E-state index contributed by atoms with van der Waals surface area (Å²) < 4.78 is 1.06. The van der Waals surface area contributed by atoms with Crippen LogP contribution in [0.5, 0.6) is 0 Å². The van der Waals surface area contributed by atoms with Crippen LogP contribution in [0.2, 0.25) is 0 Å². The van der Waals surface area contributed by atoms with Gasteiger partial charge in [-0.05, 0) is 30.0 Å². The summed E-state index contributed by atoms with van der Waals surface area (Å²) in [6.07, 6.45) is 0. The Hall–Kier alpha value is -1.02. The second-order valence-electron chi connectivity index (χ2n) is 3.13. The van der Waals surface area contributed by atoms with Crippen molar-refractivity contribution in [2.24, 2.45) is 0 Å². The standard InChI is InChI=1S/C11H10BrN/c1-7-5-6-10(13)11-8(7)3-2-4-9(11)12/h2-6H,13H2,1H3. The summed E-state index contributed by atoms with van der Waals surface area (Å²) in [5.74, 6) is 0. The van der Waals surface area contributed by atoms with Gasteiger partial charge >= 0.3 is 0 Å². The van der Waals surface area contributed by atoms with E-state index < -0.39 is 0 Å². The number of hydrogen-bond donors (Lipinski definition) is 1. The Kier molecular flexibility index (Phi) is 2.00. The summed E-state index contributed by atoms with van der Waals surface area (Å²) in [6, 6.07) is 10.1. The van der Waals surface area contributed by atoms with Gasteiger partial charge < -0.3 is 5.73 Å². The Bertz CT molecular complexity index is 455. The quantitative estimate of drug-likeness (QED) is 0.696. The van der Waals surface area contributed by atoms with Crippen molar-refractivity contribution >= 4 is 32.4 Å². The lowest BCUT2D eigenvalue weighted by atomic mass is 10.0. The largest absolute Gasteiger partial charge is 0.398 e. The van der Waals surface area contributed by atoms with E-state index in [9.17, 15) is 0 Å². The van der Waals surface area contributed by atoms with Gasteiger partial charge in [-0.1, -0.05) is 34.1 Å². The molecule has 0 saturated carbocycles. The number of anilines is 1. The third kappa shape index (κ3) is 1.31. The molecule has 2 heteroatoms. The fraction of sp³-hybridized carbons (Fsp3) is 0.0909. The Morgan fingerprint density at radius 1 is 1.15 bits per heavy atom. The first kappa shape index (κ1) is 8.57. The van der Waals surface area contributed by atoms with Crippen molar-refractivity contribution in [1.82, 2.24) is 0 Å². The van der Waals surface area contributed by atoms with E-state index >= 15 is 0 Å². The van der Waals surface area contributed by atoms with Crippen molar-refractivity contribution in [3.8, 4) is 0 Å². The molecule has 0 fully saturated rings. The van der Waals surface area contributed by atoms with E-state index in [0.717, 1.165) is 15.5 Å². The van der Waals surface area contributed by atoms with Crippen molar-refractivity contribution in [3.63, 3.8) is 0 Å². The molecule has 0 amide bonds. The second-order valence-corrected chi connectivity index (χ2v) is 3.99. The number of nitrogens with two attached hydrogens (primary N) is 1. The zero-order valence-corrected chi connectivity index (χ0v) is 8.93. The molecular weight excluding hydrogens is 226 g/mol. The van der Waals surface area contributed by atoms with Crippen LogP contribution < -0.4 is 5.73 Å². The SMILES string of the molecule is Cc1ccc(N)c2c(Br)cccc12. The Morgan fingerprint density at radius 3 is 2.62 bits per heavy atom. The van der Waals surface area contributed by atoms with Gasteiger partial charge in [0.2, 0.25) is 0 Å². The summed E-state index contributed by atoms with van der Waals surface area (Å²) in [5, 5.41) is 2.33. The van der Waals surface area contributed by atoms with Crippen molar-refractivity contribution in [2.45, 2.75) is 6.92 Å². The minimum absolute atomic E-state index is 0.827. The summed E-state index contributed by atoms with van der Waals surface area (Å²) >= 11 is 3.50. The van der Waals surface area contributed by atoms with Crippen molar-refractivity contribution in [1.29, 1.82) is 0 Å². The van der Waals surface area contributed by atoms with Crippen LogP contribution in [0, 0.1) is 6.92 Å². The molecule has 0 atom stereocenters. The number of fused-ring (bicyclic) bond motifs is 1. The highest BCUT2D eigenvalue weighted by Gasteiger charge is 2.03. The Balaban J connectivity index is 3.00. The molecule has 0 aliphatic carbocycles. The van der Waals surface area contributed by atoms with Crippen molar-refractivity contribution in [3.05, 3.63) is 40.4 Å². The number of aryl methyl sites for hydroxylation is 1. The summed E-state index contributed by atoms with van der Waals surface area (Å²) in [6.45, 7) is 2.09. The van der Waals surface area contributed by atoms with Crippen molar-refractivity contribution in [2.75, 3.05) is 5.73 Å². The maximum absolute atomic E-state index is 5.90. The minimum Gasteiger partial charge on any atom is -0.398 e. The van der Waals surface area contributed by atoms with Crippen molar-refractivity contribution < 1.29 is 0 Å². The van der Waals surface area contributed by atoms with E-state index in [2.05, 4.69) is 28.9 Å². The summed E-state index contributed by atoms with van der Waals surface area (Å²) in [5.41, 5.74) is 7.98. The number of hydrogen-bond acceptors (Lipinski definition) is 1. The fourth-order valence-electron chi connectivity index (χ4n) is 1.53. The number of benzene rings is 2. The van der Waals surface area contributed by atoms with E-state index in [-0.39, 0.29) is 0 Å². The average Bonchev–Trinajstić information content (AvgIpc) is 2.12. The maximum atomic E-state index is 5.90. The Labute approximate surface area is 85.7 Å².